The first-order valence-electron chi connectivity index (χ1n) is 9.44. The summed E-state index contributed by atoms with van der Waals surface area (Å²) in [4.78, 5) is 27.6. The second-order valence-electron chi connectivity index (χ2n) is 7.22. The number of aliphatic imine (C=N–C) groups is 1. The number of nitriles is 1. The van der Waals surface area contributed by atoms with Crippen LogP contribution in [0.25, 0.3) is 0 Å². The van der Waals surface area contributed by atoms with Crippen molar-refractivity contribution in [1.82, 2.24) is 0 Å². The van der Waals surface area contributed by atoms with Crippen molar-refractivity contribution in [2.24, 2.45) is 10.9 Å². The quantitative estimate of drug-likeness (QED) is 0.482. The molecule has 152 valence electrons. The normalized spacial score (nSPS) is 18.5. The van der Waals surface area contributed by atoms with Gasteiger partial charge in [0.2, 0.25) is 0 Å². The van der Waals surface area contributed by atoms with E-state index in [-0.39, 0.29) is 11.5 Å². The number of nitrogens with zero attached hydrogens (tertiary/aromatic N) is 3. The largest absolute Gasteiger partial charge is 0.295 e. The highest BCUT2D eigenvalue weighted by molar-refractivity contribution is 8.13. The van der Waals surface area contributed by atoms with E-state index < -0.39 is 16.8 Å². The molecule has 0 radical (unpaired) electrons. The number of allylic oxidation sites excluding steroid dienone is 2. The molecule has 0 aromatic heterocycles. The number of carbonyl (C=O) groups excluding carboxylic acids is 1. The van der Waals surface area contributed by atoms with Gasteiger partial charge in [-0.2, -0.15) is 5.26 Å². The molecule has 0 saturated heterocycles. The Bertz CT molecular complexity index is 1110. The molecule has 0 N–H and O–H groups in total. The molecule has 0 bridgehead atoms. The maximum atomic E-state index is 12.4. The Morgan fingerprint density at radius 1 is 1.23 bits per heavy atom. The minimum Gasteiger partial charge on any atom is -0.295 e. The van der Waals surface area contributed by atoms with Gasteiger partial charge in [-0.1, -0.05) is 42.0 Å². The number of thioether (sulfide) groups is 1. The topological polar surface area (TPSA) is 96.4 Å². The summed E-state index contributed by atoms with van der Waals surface area (Å²) in [6.45, 7) is 5.28. The molecule has 0 aliphatic carbocycles. The molecule has 1 heterocycles. The van der Waals surface area contributed by atoms with Crippen molar-refractivity contribution in [1.29, 1.82) is 5.26 Å². The Balaban J connectivity index is 1.97. The zero-order valence-electron chi connectivity index (χ0n) is 17.0. The summed E-state index contributed by atoms with van der Waals surface area (Å²) in [6.07, 6.45) is 0. The molecule has 0 fully saturated rings. The van der Waals surface area contributed by atoms with Crippen LogP contribution in [0.15, 0.2) is 64.8 Å². The first-order valence-corrected chi connectivity index (χ1v) is 10.4. The van der Waals surface area contributed by atoms with E-state index in [9.17, 15) is 20.2 Å². The third kappa shape index (κ3) is 4.50. The summed E-state index contributed by atoms with van der Waals surface area (Å²) in [7, 11) is 0. The van der Waals surface area contributed by atoms with Crippen molar-refractivity contribution >= 4 is 28.3 Å². The molecule has 2 aromatic rings. The van der Waals surface area contributed by atoms with Crippen molar-refractivity contribution in [3.05, 3.63) is 86.6 Å². The van der Waals surface area contributed by atoms with Crippen molar-refractivity contribution in [2.75, 3.05) is 0 Å². The first-order chi connectivity index (χ1) is 14.3. The number of benzene rings is 2. The average molecular weight is 420 g/mol. The summed E-state index contributed by atoms with van der Waals surface area (Å²) in [6, 6.07) is 16.6. The fourth-order valence-corrected chi connectivity index (χ4v) is 4.76. The molecular weight excluding hydrogens is 398 g/mol. The molecule has 30 heavy (non-hydrogen) atoms. The molecule has 6 nitrogen and oxygen atoms in total. The minimum absolute atomic E-state index is 0.0306. The van der Waals surface area contributed by atoms with Gasteiger partial charge in [0.25, 0.3) is 5.69 Å². The molecule has 0 spiro atoms. The van der Waals surface area contributed by atoms with E-state index in [0.29, 0.717) is 22.1 Å². The van der Waals surface area contributed by atoms with Gasteiger partial charge in [0, 0.05) is 35.1 Å². The maximum absolute atomic E-state index is 12.4. The number of hydrogen-bond donors (Lipinski definition) is 0. The van der Waals surface area contributed by atoms with Crippen LogP contribution >= 0.6 is 11.8 Å². The highest BCUT2D eigenvalue weighted by Gasteiger charge is 2.37. The number of ketones is 1. The van der Waals surface area contributed by atoms with Crippen LogP contribution in [0, 0.1) is 34.3 Å². The van der Waals surface area contributed by atoms with E-state index in [0.717, 1.165) is 16.7 Å². The molecule has 2 atom stereocenters. The number of nitro benzene ring substituents is 1. The lowest BCUT2D eigenvalue weighted by Gasteiger charge is -2.30. The molecule has 0 saturated carbocycles. The summed E-state index contributed by atoms with van der Waals surface area (Å²) in [5, 5.41) is 21.6. The molecular formula is C23H21N3O3S. The highest BCUT2D eigenvalue weighted by Crippen LogP contribution is 2.42. The highest BCUT2D eigenvalue weighted by atomic mass is 32.2. The van der Waals surface area contributed by atoms with E-state index in [1.807, 2.05) is 37.3 Å². The van der Waals surface area contributed by atoms with Crippen LogP contribution < -0.4 is 0 Å². The third-order valence-corrected chi connectivity index (χ3v) is 6.12. The predicted octanol–water partition coefficient (Wildman–Crippen LogP) is 5.34. The van der Waals surface area contributed by atoms with Gasteiger partial charge in [0.15, 0.2) is 5.78 Å². The van der Waals surface area contributed by atoms with E-state index >= 15 is 0 Å². The van der Waals surface area contributed by atoms with Crippen molar-refractivity contribution in [3.8, 4) is 6.07 Å². The Morgan fingerprint density at radius 2 is 1.97 bits per heavy atom. The first kappa shape index (κ1) is 21.5. The fraction of sp³-hybridized carbons (Fsp3) is 0.261. The fourth-order valence-electron chi connectivity index (χ4n) is 3.69. The van der Waals surface area contributed by atoms with Crippen LogP contribution in [0.5, 0.6) is 0 Å². The maximum Gasteiger partial charge on any atom is 0.269 e. The van der Waals surface area contributed by atoms with Gasteiger partial charge in [-0.25, -0.2) is 4.99 Å². The van der Waals surface area contributed by atoms with Gasteiger partial charge in [-0.05, 0) is 31.9 Å². The molecule has 2 aromatic carbocycles. The third-order valence-electron chi connectivity index (χ3n) is 5.01. The van der Waals surface area contributed by atoms with Crippen LogP contribution in [0.2, 0.25) is 0 Å². The lowest BCUT2D eigenvalue weighted by molar-refractivity contribution is -0.384. The van der Waals surface area contributed by atoms with Crippen LogP contribution in [0.4, 0.5) is 5.69 Å². The van der Waals surface area contributed by atoms with Gasteiger partial charge in [-0.3, -0.25) is 14.9 Å². The van der Waals surface area contributed by atoms with Crippen LogP contribution in [0.1, 0.15) is 36.5 Å². The van der Waals surface area contributed by atoms with Gasteiger partial charge < -0.3 is 0 Å². The number of nitro groups is 1. The number of carbonyl (C=O) groups is 1. The van der Waals surface area contributed by atoms with Crippen molar-refractivity contribution < 1.29 is 9.72 Å². The Labute approximate surface area is 179 Å². The van der Waals surface area contributed by atoms with Gasteiger partial charge >= 0.3 is 0 Å². The van der Waals surface area contributed by atoms with E-state index in [2.05, 4.69) is 11.1 Å². The monoisotopic (exact) mass is 419 g/mol. The van der Waals surface area contributed by atoms with E-state index in [1.54, 1.807) is 13.0 Å². The van der Waals surface area contributed by atoms with E-state index in [1.165, 1.54) is 30.8 Å². The Hall–Kier alpha value is -3.24. The Morgan fingerprint density at radius 3 is 2.60 bits per heavy atom. The number of aryl methyl sites for hydroxylation is 1. The van der Waals surface area contributed by atoms with E-state index in [4.69, 9.17) is 0 Å². The minimum atomic E-state index is -0.599. The summed E-state index contributed by atoms with van der Waals surface area (Å²) < 4.78 is 0. The van der Waals surface area contributed by atoms with Crippen molar-refractivity contribution in [2.45, 2.75) is 32.4 Å². The number of rotatable bonds is 5. The van der Waals surface area contributed by atoms with Gasteiger partial charge in [0.05, 0.1) is 16.0 Å². The second-order valence-corrected chi connectivity index (χ2v) is 8.22. The standard InChI is InChI=1S/C23H21N3O3S/c1-14-6-4-8-18(10-14)22-20(12-24)23(25-15(2)21(22)16(3)27)30-13-17-7-5-9-19(11-17)26(28)29/h4-11,20,22H,13H2,1-3H3/t20?,22-/m1/s1. The number of Topliss-reactive ketones (excluding diaryl/α,β-unsaturated/α-hetero) is 1. The lowest BCUT2D eigenvalue weighted by Crippen LogP contribution is -2.28. The molecule has 1 aliphatic heterocycles. The summed E-state index contributed by atoms with van der Waals surface area (Å²) in [5.41, 5.74) is 3.95. The van der Waals surface area contributed by atoms with Crippen LogP contribution in [-0.4, -0.2) is 15.8 Å². The predicted molar refractivity (Wildman–Crippen MR) is 118 cm³/mol. The number of hydrogen-bond acceptors (Lipinski definition) is 6. The summed E-state index contributed by atoms with van der Waals surface area (Å²) in [5.74, 6) is -0.636. The van der Waals surface area contributed by atoms with Crippen LogP contribution in [-0.2, 0) is 10.5 Å². The van der Waals surface area contributed by atoms with Gasteiger partial charge in [-0.15, -0.1) is 11.8 Å². The number of non-ortho nitro benzene ring substituents is 1. The summed E-state index contributed by atoms with van der Waals surface area (Å²) >= 11 is 1.38. The molecule has 3 rings (SSSR count). The SMILES string of the molecule is CC(=O)C1=C(C)N=C(SCc2cccc([N+](=O)[O-])c2)C(C#N)[C@H]1c1cccc(C)c1. The lowest BCUT2D eigenvalue weighted by atomic mass is 9.77. The zero-order valence-corrected chi connectivity index (χ0v) is 17.8. The van der Waals surface area contributed by atoms with Crippen molar-refractivity contribution in [3.63, 3.8) is 0 Å². The molecule has 0 amide bonds. The van der Waals surface area contributed by atoms with Gasteiger partial charge in [0.1, 0.15) is 5.92 Å². The smallest absolute Gasteiger partial charge is 0.269 e. The molecule has 7 heteroatoms. The average Bonchev–Trinajstić information content (AvgIpc) is 2.71. The van der Waals surface area contributed by atoms with Crippen LogP contribution in [0.3, 0.4) is 0 Å². The molecule has 1 aliphatic rings. The second kappa shape index (κ2) is 9.06. The zero-order chi connectivity index (χ0) is 21.8. The molecule has 1 unspecified atom stereocenters. The Kier molecular flexibility index (Phi) is 6.48.